The lowest BCUT2D eigenvalue weighted by Gasteiger charge is -2.29. The lowest BCUT2D eigenvalue weighted by Crippen LogP contribution is -2.35. The van der Waals surface area contributed by atoms with Crippen molar-refractivity contribution in [3.8, 4) is 28.5 Å². The fourth-order valence-electron chi connectivity index (χ4n) is 3.59. The number of fused-ring (bicyclic) bond motifs is 1. The summed E-state index contributed by atoms with van der Waals surface area (Å²) in [7, 11) is 5.28. The van der Waals surface area contributed by atoms with Gasteiger partial charge < -0.3 is 19.1 Å². The molecular weight excluding hydrogens is 370 g/mol. The molecule has 0 saturated carbocycles. The molecule has 0 spiro atoms. The number of hydrogen-bond donors (Lipinski definition) is 0. The van der Waals surface area contributed by atoms with E-state index in [0.29, 0.717) is 28.6 Å². The number of benzene rings is 1. The zero-order valence-electron chi connectivity index (χ0n) is 16.9. The summed E-state index contributed by atoms with van der Waals surface area (Å²) in [5.41, 5.74) is 1.78. The van der Waals surface area contributed by atoms with Gasteiger partial charge in [0, 0.05) is 24.7 Å². The molecule has 0 bridgehead atoms. The van der Waals surface area contributed by atoms with Crippen molar-refractivity contribution in [2.75, 3.05) is 34.4 Å². The lowest BCUT2D eigenvalue weighted by molar-refractivity contribution is 0.114. The average Bonchev–Trinajstić information content (AvgIpc) is 2.75. The fourth-order valence-corrected chi connectivity index (χ4v) is 3.59. The Balaban J connectivity index is 1.63. The third-order valence-electron chi connectivity index (χ3n) is 5.28. The predicted molar refractivity (Wildman–Crippen MR) is 111 cm³/mol. The minimum absolute atomic E-state index is 0.159. The van der Waals surface area contributed by atoms with Crippen molar-refractivity contribution < 1.29 is 14.2 Å². The van der Waals surface area contributed by atoms with Gasteiger partial charge in [-0.05, 0) is 50.2 Å². The van der Waals surface area contributed by atoms with E-state index in [1.54, 1.807) is 26.5 Å². The highest BCUT2D eigenvalue weighted by Gasteiger charge is 2.18. The highest BCUT2D eigenvalue weighted by atomic mass is 16.5. The van der Waals surface area contributed by atoms with Gasteiger partial charge in [0.2, 0.25) is 0 Å². The maximum Gasteiger partial charge on any atom is 0.258 e. The van der Waals surface area contributed by atoms with E-state index in [1.165, 1.54) is 10.5 Å². The van der Waals surface area contributed by atoms with Crippen LogP contribution in [0.3, 0.4) is 0 Å². The molecule has 29 heavy (non-hydrogen) atoms. The molecule has 4 rings (SSSR count). The summed E-state index contributed by atoms with van der Waals surface area (Å²) < 4.78 is 18.2. The SMILES string of the molecule is COc1ccc(-c2cc(=O)n3cc(OC4CCN(C)CC4)ccc3n2)cc1OC. The first-order valence-corrected chi connectivity index (χ1v) is 9.68. The molecule has 2 aromatic heterocycles. The molecule has 1 aromatic carbocycles. The Morgan fingerprint density at radius 3 is 2.48 bits per heavy atom. The van der Waals surface area contributed by atoms with Crippen LogP contribution in [0.25, 0.3) is 16.9 Å². The Hall–Kier alpha value is -3.06. The first-order valence-electron chi connectivity index (χ1n) is 9.68. The minimum Gasteiger partial charge on any atom is -0.493 e. The number of methoxy groups -OCH3 is 2. The first kappa shape index (κ1) is 19.3. The lowest BCUT2D eigenvalue weighted by atomic mass is 10.1. The Labute approximate surface area is 169 Å². The van der Waals surface area contributed by atoms with Crippen LogP contribution in [0.1, 0.15) is 12.8 Å². The Morgan fingerprint density at radius 1 is 1.00 bits per heavy atom. The standard InChI is InChI=1S/C22H25N3O4/c1-24-10-8-16(9-11-24)29-17-5-7-21-23-18(13-22(26)25(21)14-17)15-4-6-19(27-2)20(12-15)28-3/h4-7,12-14,16H,8-11H2,1-3H3. The highest BCUT2D eigenvalue weighted by Crippen LogP contribution is 2.31. The molecule has 7 nitrogen and oxygen atoms in total. The average molecular weight is 395 g/mol. The van der Waals surface area contributed by atoms with Crippen LogP contribution in [-0.2, 0) is 0 Å². The van der Waals surface area contributed by atoms with Crippen LogP contribution in [0.2, 0.25) is 0 Å². The summed E-state index contributed by atoms with van der Waals surface area (Å²) in [5.74, 6) is 1.91. The maximum atomic E-state index is 12.7. The smallest absolute Gasteiger partial charge is 0.258 e. The van der Waals surface area contributed by atoms with Crippen molar-refractivity contribution in [1.82, 2.24) is 14.3 Å². The van der Waals surface area contributed by atoms with Crippen LogP contribution in [0.4, 0.5) is 0 Å². The van der Waals surface area contributed by atoms with Gasteiger partial charge in [0.1, 0.15) is 17.5 Å². The van der Waals surface area contributed by atoms with Crippen molar-refractivity contribution in [1.29, 1.82) is 0 Å². The molecule has 3 aromatic rings. The first-order chi connectivity index (χ1) is 14.1. The van der Waals surface area contributed by atoms with Crippen molar-refractivity contribution >= 4 is 5.65 Å². The fraction of sp³-hybridized carbons (Fsp3) is 0.364. The van der Waals surface area contributed by atoms with Crippen LogP contribution in [0.15, 0.2) is 47.4 Å². The van der Waals surface area contributed by atoms with Gasteiger partial charge in [-0.25, -0.2) is 4.98 Å². The molecule has 0 radical (unpaired) electrons. The quantitative estimate of drug-likeness (QED) is 0.662. The third kappa shape index (κ3) is 4.05. The van der Waals surface area contributed by atoms with E-state index in [1.807, 2.05) is 24.3 Å². The van der Waals surface area contributed by atoms with E-state index in [-0.39, 0.29) is 11.7 Å². The van der Waals surface area contributed by atoms with E-state index in [0.717, 1.165) is 31.5 Å². The van der Waals surface area contributed by atoms with Gasteiger partial charge in [-0.2, -0.15) is 0 Å². The van der Waals surface area contributed by atoms with E-state index in [9.17, 15) is 4.79 Å². The van der Waals surface area contributed by atoms with E-state index in [2.05, 4.69) is 16.9 Å². The van der Waals surface area contributed by atoms with E-state index in [4.69, 9.17) is 14.2 Å². The Kier molecular flexibility index (Phi) is 5.40. The number of rotatable bonds is 5. The number of nitrogens with zero attached hydrogens (tertiary/aromatic N) is 3. The Morgan fingerprint density at radius 2 is 1.76 bits per heavy atom. The van der Waals surface area contributed by atoms with Crippen LogP contribution in [0.5, 0.6) is 17.2 Å². The molecule has 0 aliphatic carbocycles. The molecule has 0 atom stereocenters. The van der Waals surface area contributed by atoms with Crippen LogP contribution in [0, 0.1) is 0 Å². The zero-order chi connectivity index (χ0) is 20.4. The summed E-state index contributed by atoms with van der Waals surface area (Å²) in [6, 6.07) is 10.7. The van der Waals surface area contributed by atoms with Crippen molar-refractivity contribution in [3.63, 3.8) is 0 Å². The van der Waals surface area contributed by atoms with Gasteiger partial charge in [-0.15, -0.1) is 0 Å². The molecule has 1 saturated heterocycles. The van der Waals surface area contributed by atoms with Crippen LogP contribution in [-0.4, -0.2) is 54.7 Å². The molecule has 1 fully saturated rings. The second kappa shape index (κ2) is 8.13. The highest BCUT2D eigenvalue weighted by molar-refractivity contribution is 5.65. The number of pyridine rings is 1. The van der Waals surface area contributed by atoms with Gasteiger partial charge in [-0.3, -0.25) is 9.20 Å². The third-order valence-corrected chi connectivity index (χ3v) is 5.28. The monoisotopic (exact) mass is 395 g/mol. The second-order valence-corrected chi connectivity index (χ2v) is 7.26. The van der Waals surface area contributed by atoms with Gasteiger partial charge in [-0.1, -0.05) is 0 Å². The zero-order valence-corrected chi connectivity index (χ0v) is 16.9. The number of hydrogen-bond acceptors (Lipinski definition) is 6. The molecule has 0 amide bonds. The van der Waals surface area contributed by atoms with E-state index >= 15 is 0 Å². The molecule has 0 N–H and O–H groups in total. The maximum absolute atomic E-state index is 12.7. The molecule has 3 heterocycles. The molecule has 7 heteroatoms. The molecular formula is C22H25N3O4. The second-order valence-electron chi connectivity index (χ2n) is 7.26. The minimum atomic E-state index is -0.159. The summed E-state index contributed by atoms with van der Waals surface area (Å²) in [4.78, 5) is 19.7. The van der Waals surface area contributed by atoms with Gasteiger partial charge in [0.25, 0.3) is 5.56 Å². The Bertz CT molecular complexity index is 1070. The largest absolute Gasteiger partial charge is 0.493 e. The number of piperidine rings is 1. The van der Waals surface area contributed by atoms with Crippen molar-refractivity contribution in [2.45, 2.75) is 18.9 Å². The molecule has 0 unspecified atom stereocenters. The predicted octanol–water partition coefficient (Wildman–Crippen LogP) is 2.85. The summed E-state index contributed by atoms with van der Waals surface area (Å²) in [5, 5.41) is 0. The van der Waals surface area contributed by atoms with Gasteiger partial charge in [0.05, 0.1) is 26.1 Å². The molecule has 1 aliphatic rings. The van der Waals surface area contributed by atoms with Gasteiger partial charge in [0.15, 0.2) is 11.5 Å². The number of ether oxygens (including phenoxy) is 3. The molecule has 152 valence electrons. The normalized spacial score (nSPS) is 15.4. The summed E-state index contributed by atoms with van der Waals surface area (Å²) in [6.45, 7) is 2.04. The van der Waals surface area contributed by atoms with Crippen LogP contribution >= 0.6 is 0 Å². The van der Waals surface area contributed by atoms with Gasteiger partial charge >= 0.3 is 0 Å². The van der Waals surface area contributed by atoms with Crippen molar-refractivity contribution in [2.24, 2.45) is 0 Å². The number of aromatic nitrogens is 2. The van der Waals surface area contributed by atoms with Crippen LogP contribution < -0.4 is 19.8 Å². The summed E-state index contributed by atoms with van der Waals surface area (Å²) in [6.07, 6.45) is 3.87. The topological polar surface area (TPSA) is 65.3 Å². The molecule has 1 aliphatic heterocycles. The van der Waals surface area contributed by atoms with E-state index < -0.39 is 0 Å². The summed E-state index contributed by atoms with van der Waals surface area (Å²) >= 11 is 0. The van der Waals surface area contributed by atoms with Crippen molar-refractivity contribution in [3.05, 3.63) is 52.9 Å². The number of likely N-dealkylation sites (tertiary alicyclic amines) is 1.